The Bertz CT molecular complexity index is 589. The SMILES string of the molecule is CCCCCCCOc1cc(C(C)=O)cc(OCCCCCCC)c1OCCCCCCC. The Morgan fingerprint density at radius 3 is 1.30 bits per heavy atom. The third-order valence-corrected chi connectivity index (χ3v) is 5.93. The second kappa shape index (κ2) is 19.7. The number of benzene rings is 1. The van der Waals surface area contributed by atoms with E-state index in [0.29, 0.717) is 42.6 Å². The van der Waals surface area contributed by atoms with Gasteiger partial charge in [0.15, 0.2) is 17.3 Å². The number of Topliss-reactive ketones (excluding diaryl/α,β-unsaturated/α-hetero) is 1. The Kier molecular flexibility index (Phi) is 17.5. The quantitative estimate of drug-likeness (QED) is 0.127. The molecule has 0 spiro atoms. The number of ether oxygens (including phenoxy) is 3. The molecule has 0 aliphatic rings. The number of rotatable bonds is 22. The molecule has 0 heterocycles. The van der Waals surface area contributed by atoms with Gasteiger partial charge in [-0.25, -0.2) is 0 Å². The van der Waals surface area contributed by atoms with Crippen LogP contribution in [-0.2, 0) is 0 Å². The zero-order valence-corrected chi connectivity index (χ0v) is 22.0. The fraction of sp³-hybridized carbons (Fsp3) is 0.759. The van der Waals surface area contributed by atoms with Crippen LogP contribution in [0.25, 0.3) is 0 Å². The van der Waals surface area contributed by atoms with E-state index in [0.717, 1.165) is 32.1 Å². The largest absolute Gasteiger partial charge is 0.490 e. The van der Waals surface area contributed by atoms with Crippen molar-refractivity contribution in [3.05, 3.63) is 17.7 Å². The van der Waals surface area contributed by atoms with E-state index in [1.165, 1.54) is 64.2 Å². The first kappa shape index (κ1) is 29.3. The Morgan fingerprint density at radius 2 is 0.939 bits per heavy atom. The third kappa shape index (κ3) is 13.6. The molecular formula is C29H50O4. The molecule has 1 aromatic carbocycles. The maximum Gasteiger partial charge on any atom is 0.203 e. The summed E-state index contributed by atoms with van der Waals surface area (Å²) in [4.78, 5) is 12.2. The molecule has 0 bridgehead atoms. The van der Waals surface area contributed by atoms with Crippen LogP contribution in [0.15, 0.2) is 12.1 Å². The molecule has 0 amide bonds. The van der Waals surface area contributed by atoms with E-state index in [2.05, 4.69) is 20.8 Å². The van der Waals surface area contributed by atoms with Crippen LogP contribution in [0, 0.1) is 0 Å². The smallest absolute Gasteiger partial charge is 0.203 e. The molecule has 0 aromatic heterocycles. The highest BCUT2D eigenvalue weighted by molar-refractivity contribution is 5.95. The molecule has 0 N–H and O–H groups in total. The average Bonchev–Trinajstić information content (AvgIpc) is 2.81. The van der Waals surface area contributed by atoms with Crippen LogP contribution in [0.2, 0.25) is 0 Å². The third-order valence-electron chi connectivity index (χ3n) is 5.93. The van der Waals surface area contributed by atoms with Gasteiger partial charge in [-0.15, -0.1) is 0 Å². The number of carbonyl (C=O) groups is 1. The van der Waals surface area contributed by atoms with Crippen molar-refractivity contribution in [3.63, 3.8) is 0 Å². The number of ketones is 1. The number of carbonyl (C=O) groups excluding carboxylic acids is 1. The molecule has 0 atom stereocenters. The lowest BCUT2D eigenvalue weighted by atomic mass is 10.1. The normalized spacial score (nSPS) is 10.9. The summed E-state index contributed by atoms with van der Waals surface area (Å²) in [5, 5.41) is 0. The van der Waals surface area contributed by atoms with E-state index >= 15 is 0 Å². The zero-order valence-electron chi connectivity index (χ0n) is 22.0. The van der Waals surface area contributed by atoms with E-state index in [-0.39, 0.29) is 5.78 Å². The lowest BCUT2D eigenvalue weighted by Gasteiger charge is -2.18. The Labute approximate surface area is 203 Å². The first-order valence-electron chi connectivity index (χ1n) is 13.7. The Morgan fingerprint density at radius 1 is 0.576 bits per heavy atom. The number of hydrogen-bond donors (Lipinski definition) is 0. The van der Waals surface area contributed by atoms with Gasteiger partial charge in [0, 0.05) is 5.56 Å². The van der Waals surface area contributed by atoms with Gasteiger partial charge in [-0.1, -0.05) is 97.8 Å². The molecule has 0 aliphatic carbocycles. The second-order valence-corrected chi connectivity index (χ2v) is 9.15. The molecular weight excluding hydrogens is 412 g/mol. The minimum atomic E-state index is 0.0155. The van der Waals surface area contributed by atoms with Crippen LogP contribution in [0.4, 0.5) is 0 Å². The minimum absolute atomic E-state index is 0.0155. The van der Waals surface area contributed by atoms with Crippen molar-refractivity contribution >= 4 is 5.78 Å². The van der Waals surface area contributed by atoms with Crippen molar-refractivity contribution < 1.29 is 19.0 Å². The minimum Gasteiger partial charge on any atom is -0.490 e. The van der Waals surface area contributed by atoms with Gasteiger partial charge in [0.25, 0.3) is 0 Å². The lowest BCUT2D eigenvalue weighted by molar-refractivity contribution is 0.101. The van der Waals surface area contributed by atoms with Crippen LogP contribution in [0.3, 0.4) is 0 Å². The standard InChI is InChI=1S/C29H50O4/c1-5-8-11-14-17-20-31-27-23-26(25(4)30)24-28(32-21-18-15-12-9-6-2)29(27)33-22-19-16-13-10-7-3/h23-24H,5-22H2,1-4H3. The van der Waals surface area contributed by atoms with Crippen LogP contribution in [-0.4, -0.2) is 25.6 Å². The van der Waals surface area contributed by atoms with Gasteiger partial charge in [0.2, 0.25) is 5.75 Å². The summed E-state index contributed by atoms with van der Waals surface area (Å²) in [7, 11) is 0. The van der Waals surface area contributed by atoms with E-state index in [4.69, 9.17) is 14.2 Å². The van der Waals surface area contributed by atoms with Crippen LogP contribution >= 0.6 is 0 Å². The van der Waals surface area contributed by atoms with Crippen LogP contribution < -0.4 is 14.2 Å². The van der Waals surface area contributed by atoms with Crippen molar-refractivity contribution in [1.82, 2.24) is 0 Å². The molecule has 4 nitrogen and oxygen atoms in total. The summed E-state index contributed by atoms with van der Waals surface area (Å²) in [5.74, 6) is 1.97. The molecule has 0 unspecified atom stereocenters. The highest BCUT2D eigenvalue weighted by Gasteiger charge is 2.17. The maximum atomic E-state index is 12.2. The second-order valence-electron chi connectivity index (χ2n) is 9.15. The molecule has 4 heteroatoms. The predicted molar refractivity (Wildman–Crippen MR) is 139 cm³/mol. The van der Waals surface area contributed by atoms with Crippen molar-refractivity contribution in [2.24, 2.45) is 0 Å². The fourth-order valence-corrected chi connectivity index (χ4v) is 3.79. The van der Waals surface area contributed by atoms with Gasteiger partial charge in [0.1, 0.15) is 0 Å². The van der Waals surface area contributed by atoms with E-state index in [1.54, 1.807) is 6.92 Å². The van der Waals surface area contributed by atoms with Crippen molar-refractivity contribution in [2.45, 2.75) is 124 Å². The summed E-state index contributed by atoms with van der Waals surface area (Å²) < 4.78 is 18.5. The van der Waals surface area contributed by atoms with Gasteiger partial charge in [-0.3, -0.25) is 4.79 Å². The molecule has 1 rings (SSSR count). The first-order valence-corrected chi connectivity index (χ1v) is 13.7. The molecule has 1 aromatic rings. The van der Waals surface area contributed by atoms with Gasteiger partial charge < -0.3 is 14.2 Å². The summed E-state index contributed by atoms with van der Waals surface area (Å²) in [5.41, 5.74) is 0.618. The highest BCUT2D eigenvalue weighted by atomic mass is 16.5. The predicted octanol–water partition coefficient (Wildman–Crippen LogP) is 8.94. The number of unbranched alkanes of at least 4 members (excludes halogenated alkanes) is 12. The van der Waals surface area contributed by atoms with Crippen LogP contribution in [0.5, 0.6) is 17.2 Å². The van der Waals surface area contributed by atoms with Gasteiger partial charge in [-0.05, 0) is 38.3 Å². The molecule has 0 aliphatic heterocycles. The van der Waals surface area contributed by atoms with E-state index < -0.39 is 0 Å². The van der Waals surface area contributed by atoms with Crippen LogP contribution in [0.1, 0.15) is 134 Å². The maximum absolute atomic E-state index is 12.2. The molecule has 0 saturated heterocycles. The molecule has 0 saturated carbocycles. The number of hydrogen-bond acceptors (Lipinski definition) is 4. The molecule has 190 valence electrons. The van der Waals surface area contributed by atoms with Gasteiger partial charge in [0.05, 0.1) is 19.8 Å². The van der Waals surface area contributed by atoms with E-state index in [1.807, 2.05) is 12.1 Å². The monoisotopic (exact) mass is 462 g/mol. The van der Waals surface area contributed by atoms with Crippen molar-refractivity contribution in [3.8, 4) is 17.2 Å². The molecule has 33 heavy (non-hydrogen) atoms. The highest BCUT2D eigenvalue weighted by Crippen LogP contribution is 2.39. The molecule has 0 fully saturated rings. The summed E-state index contributed by atoms with van der Waals surface area (Å²) in [6, 6.07) is 3.66. The Balaban J connectivity index is 2.84. The fourth-order valence-electron chi connectivity index (χ4n) is 3.79. The zero-order chi connectivity index (χ0) is 24.2. The van der Waals surface area contributed by atoms with Gasteiger partial charge >= 0.3 is 0 Å². The summed E-state index contributed by atoms with van der Waals surface area (Å²) in [6.45, 7) is 10.2. The van der Waals surface area contributed by atoms with Gasteiger partial charge in [-0.2, -0.15) is 0 Å². The molecule has 0 radical (unpaired) electrons. The topological polar surface area (TPSA) is 44.8 Å². The first-order chi connectivity index (χ1) is 16.1. The average molecular weight is 463 g/mol. The van der Waals surface area contributed by atoms with Crippen molar-refractivity contribution in [2.75, 3.05) is 19.8 Å². The summed E-state index contributed by atoms with van der Waals surface area (Å²) >= 11 is 0. The van der Waals surface area contributed by atoms with E-state index in [9.17, 15) is 4.79 Å². The van der Waals surface area contributed by atoms with Crippen molar-refractivity contribution in [1.29, 1.82) is 0 Å². The summed E-state index contributed by atoms with van der Waals surface area (Å²) in [6.07, 6.45) is 17.7. The lowest BCUT2D eigenvalue weighted by Crippen LogP contribution is -2.08. The Hall–Kier alpha value is -1.71.